The Bertz CT molecular complexity index is 998. The molecule has 9 nitrogen and oxygen atoms in total. The van der Waals surface area contributed by atoms with Gasteiger partial charge < -0.3 is 25.3 Å². The van der Waals surface area contributed by atoms with E-state index in [1.807, 2.05) is 44.2 Å². The van der Waals surface area contributed by atoms with Gasteiger partial charge >= 0.3 is 5.97 Å². The number of hydrogen-bond donors (Lipinski definition) is 2. The number of benzene rings is 2. The SMILES string of the molecule is CCOc1ccc(C(=O)OCc2nc(N)nc(Nc3ccccc3)n2)cc1OCC. The second-order valence-corrected chi connectivity index (χ2v) is 6.03. The Morgan fingerprint density at radius 2 is 1.70 bits per heavy atom. The zero-order valence-corrected chi connectivity index (χ0v) is 16.8. The third-order valence-corrected chi connectivity index (χ3v) is 3.84. The number of para-hydroxylation sites is 1. The van der Waals surface area contributed by atoms with E-state index in [1.165, 1.54) is 0 Å². The van der Waals surface area contributed by atoms with Gasteiger partial charge in [0.2, 0.25) is 11.9 Å². The number of carbonyl (C=O) groups is 1. The van der Waals surface area contributed by atoms with Crippen molar-refractivity contribution >= 4 is 23.6 Å². The van der Waals surface area contributed by atoms with Gasteiger partial charge in [0.15, 0.2) is 23.9 Å². The van der Waals surface area contributed by atoms with Crippen molar-refractivity contribution in [1.29, 1.82) is 0 Å². The molecule has 0 fully saturated rings. The summed E-state index contributed by atoms with van der Waals surface area (Å²) in [6, 6.07) is 14.2. The van der Waals surface area contributed by atoms with Gasteiger partial charge in [-0.05, 0) is 44.2 Å². The molecular formula is C21H23N5O4. The second kappa shape index (κ2) is 10.1. The number of nitrogens with one attached hydrogen (secondary N) is 1. The van der Waals surface area contributed by atoms with Crippen molar-refractivity contribution < 1.29 is 19.0 Å². The predicted octanol–water partition coefficient (Wildman–Crippen LogP) is 3.35. The van der Waals surface area contributed by atoms with E-state index < -0.39 is 5.97 Å². The van der Waals surface area contributed by atoms with E-state index >= 15 is 0 Å². The molecular weight excluding hydrogens is 386 g/mol. The van der Waals surface area contributed by atoms with Gasteiger partial charge in [-0.15, -0.1) is 0 Å². The highest BCUT2D eigenvalue weighted by molar-refractivity contribution is 5.90. The molecule has 3 rings (SSSR count). The Hall–Kier alpha value is -3.88. The van der Waals surface area contributed by atoms with Crippen LogP contribution in [0.1, 0.15) is 30.0 Å². The molecule has 0 amide bonds. The van der Waals surface area contributed by atoms with Crippen LogP contribution >= 0.6 is 0 Å². The zero-order chi connectivity index (χ0) is 21.3. The maximum absolute atomic E-state index is 12.5. The van der Waals surface area contributed by atoms with Crippen molar-refractivity contribution in [2.24, 2.45) is 0 Å². The standard InChI is InChI=1S/C21H23N5O4/c1-3-28-16-11-10-14(12-17(16)29-4-2)19(27)30-13-18-24-20(22)26-21(25-18)23-15-8-6-5-7-9-15/h5-12H,3-4,13H2,1-2H3,(H3,22,23,24,25,26). The number of nitrogens with two attached hydrogens (primary N) is 1. The number of hydrogen-bond acceptors (Lipinski definition) is 9. The van der Waals surface area contributed by atoms with E-state index in [1.54, 1.807) is 18.2 Å². The topological polar surface area (TPSA) is 121 Å². The minimum Gasteiger partial charge on any atom is -0.490 e. The van der Waals surface area contributed by atoms with Crippen molar-refractivity contribution in [1.82, 2.24) is 15.0 Å². The number of anilines is 3. The predicted molar refractivity (Wildman–Crippen MR) is 112 cm³/mol. The summed E-state index contributed by atoms with van der Waals surface area (Å²) in [4.78, 5) is 24.8. The number of carbonyl (C=O) groups excluding carboxylic acids is 1. The van der Waals surface area contributed by atoms with Gasteiger partial charge in [0.1, 0.15) is 0 Å². The summed E-state index contributed by atoms with van der Waals surface area (Å²) in [7, 11) is 0. The molecule has 1 aromatic heterocycles. The van der Waals surface area contributed by atoms with Crippen LogP contribution < -0.4 is 20.5 Å². The minimum absolute atomic E-state index is 0.0224. The van der Waals surface area contributed by atoms with Crippen molar-refractivity contribution in [3.8, 4) is 11.5 Å². The summed E-state index contributed by atoms with van der Waals surface area (Å²) >= 11 is 0. The lowest BCUT2D eigenvalue weighted by Crippen LogP contribution is -2.11. The lowest BCUT2D eigenvalue weighted by atomic mass is 10.2. The van der Waals surface area contributed by atoms with Gasteiger partial charge in [0, 0.05) is 5.69 Å². The van der Waals surface area contributed by atoms with Crippen LogP contribution in [-0.2, 0) is 11.3 Å². The molecule has 0 unspecified atom stereocenters. The first-order valence-corrected chi connectivity index (χ1v) is 9.48. The van der Waals surface area contributed by atoms with Crippen LogP contribution in [0.5, 0.6) is 11.5 Å². The molecule has 3 N–H and O–H groups in total. The summed E-state index contributed by atoms with van der Waals surface area (Å²) in [5.41, 5.74) is 6.88. The smallest absolute Gasteiger partial charge is 0.338 e. The van der Waals surface area contributed by atoms with Crippen LogP contribution in [-0.4, -0.2) is 34.1 Å². The van der Waals surface area contributed by atoms with E-state index in [-0.39, 0.29) is 24.3 Å². The van der Waals surface area contributed by atoms with E-state index in [9.17, 15) is 4.79 Å². The zero-order valence-electron chi connectivity index (χ0n) is 16.8. The molecule has 156 valence electrons. The van der Waals surface area contributed by atoms with Crippen LogP contribution in [0.3, 0.4) is 0 Å². The number of nitrogen functional groups attached to an aromatic ring is 1. The average Bonchev–Trinajstić information content (AvgIpc) is 2.74. The molecule has 0 aliphatic heterocycles. The molecule has 0 atom stereocenters. The lowest BCUT2D eigenvalue weighted by Gasteiger charge is -2.12. The highest BCUT2D eigenvalue weighted by atomic mass is 16.5. The first kappa shape index (κ1) is 20.8. The Kier molecular flexibility index (Phi) is 6.99. The van der Waals surface area contributed by atoms with Gasteiger partial charge in [-0.3, -0.25) is 0 Å². The number of aromatic nitrogens is 3. The van der Waals surface area contributed by atoms with E-state index in [0.717, 1.165) is 5.69 Å². The first-order valence-electron chi connectivity index (χ1n) is 9.48. The molecule has 0 saturated carbocycles. The third kappa shape index (κ3) is 5.57. The van der Waals surface area contributed by atoms with Gasteiger partial charge in [0.25, 0.3) is 0 Å². The summed E-state index contributed by atoms with van der Waals surface area (Å²) in [6.07, 6.45) is 0. The minimum atomic E-state index is -0.546. The summed E-state index contributed by atoms with van der Waals surface area (Å²) < 4.78 is 16.4. The summed E-state index contributed by atoms with van der Waals surface area (Å²) in [6.45, 7) is 4.50. The summed E-state index contributed by atoms with van der Waals surface area (Å²) in [5.74, 6) is 1.01. The molecule has 0 aliphatic rings. The van der Waals surface area contributed by atoms with Gasteiger partial charge in [-0.25, -0.2) is 4.79 Å². The maximum atomic E-state index is 12.5. The average molecular weight is 409 g/mol. The summed E-state index contributed by atoms with van der Waals surface area (Å²) in [5, 5.41) is 3.03. The molecule has 3 aromatic rings. The Balaban J connectivity index is 1.69. The highest BCUT2D eigenvalue weighted by Gasteiger charge is 2.14. The Labute approximate surface area is 174 Å². The molecule has 30 heavy (non-hydrogen) atoms. The van der Waals surface area contributed by atoms with Crippen molar-refractivity contribution in [3.63, 3.8) is 0 Å². The van der Waals surface area contributed by atoms with E-state index in [2.05, 4.69) is 20.3 Å². The number of ether oxygens (including phenoxy) is 3. The number of nitrogens with zero attached hydrogens (tertiary/aromatic N) is 3. The molecule has 0 radical (unpaired) electrons. The maximum Gasteiger partial charge on any atom is 0.338 e. The highest BCUT2D eigenvalue weighted by Crippen LogP contribution is 2.29. The lowest BCUT2D eigenvalue weighted by molar-refractivity contribution is 0.0461. The largest absolute Gasteiger partial charge is 0.490 e. The monoisotopic (exact) mass is 409 g/mol. The first-order chi connectivity index (χ1) is 14.6. The fraction of sp³-hybridized carbons (Fsp3) is 0.238. The van der Waals surface area contributed by atoms with E-state index in [0.29, 0.717) is 30.3 Å². The van der Waals surface area contributed by atoms with Crippen LogP contribution in [0.25, 0.3) is 0 Å². The Morgan fingerprint density at radius 3 is 2.43 bits per heavy atom. The van der Waals surface area contributed by atoms with Crippen molar-refractivity contribution in [2.75, 3.05) is 24.3 Å². The second-order valence-electron chi connectivity index (χ2n) is 6.03. The fourth-order valence-corrected chi connectivity index (χ4v) is 2.60. The molecule has 0 aliphatic carbocycles. The normalized spacial score (nSPS) is 10.3. The Morgan fingerprint density at radius 1 is 0.967 bits per heavy atom. The van der Waals surface area contributed by atoms with Crippen LogP contribution in [0.15, 0.2) is 48.5 Å². The number of esters is 1. The van der Waals surface area contributed by atoms with Crippen molar-refractivity contribution in [3.05, 3.63) is 59.9 Å². The van der Waals surface area contributed by atoms with Gasteiger partial charge in [0.05, 0.1) is 18.8 Å². The van der Waals surface area contributed by atoms with Crippen LogP contribution in [0, 0.1) is 0 Å². The molecule has 0 spiro atoms. The quantitative estimate of drug-likeness (QED) is 0.512. The van der Waals surface area contributed by atoms with Gasteiger partial charge in [-0.1, -0.05) is 18.2 Å². The van der Waals surface area contributed by atoms with Gasteiger partial charge in [-0.2, -0.15) is 15.0 Å². The molecule has 9 heteroatoms. The number of rotatable bonds is 9. The molecule has 1 heterocycles. The molecule has 0 bridgehead atoms. The van der Waals surface area contributed by atoms with E-state index in [4.69, 9.17) is 19.9 Å². The third-order valence-electron chi connectivity index (χ3n) is 3.84. The van der Waals surface area contributed by atoms with Crippen LogP contribution in [0.4, 0.5) is 17.6 Å². The molecule has 2 aromatic carbocycles. The molecule has 0 saturated heterocycles. The van der Waals surface area contributed by atoms with Crippen molar-refractivity contribution in [2.45, 2.75) is 20.5 Å². The fourth-order valence-electron chi connectivity index (χ4n) is 2.60. The van der Waals surface area contributed by atoms with Crippen LogP contribution in [0.2, 0.25) is 0 Å².